The summed E-state index contributed by atoms with van der Waals surface area (Å²) in [5, 5.41) is 11.9. The molecule has 132 valence electrons. The number of benzene rings is 1. The van der Waals surface area contributed by atoms with E-state index in [-0.39, 0.29) is 23.8 Å². The monoisotopic (exact) mass is 341 g/mol. The van der Waals surface area contributed by atoms with E-state index in [9.17, 15) is 9.59 Å². The lowest BCUT2D eigenvalue weighted by Crippen LogP contribution is -2.46. The van der Waals surface area contributed by atoms with Gasteiger partial charge < -0.3 is 15.0 Å². The van der Waals surface area contributed by atoms with E-state index < -0.39 is 0 Å². The van der Waals surface area contributed by atoms with Crippen LogP contribution in [0.5, 0.6) is 0 Å². The zero-order chi connectivity index (χ0) is 17.8. The first-order valence-corrected chi connectivity index (χ1v) is 8.68. The number of nitriles is 1. The first-order valence-electron chi connectivity index (χ1n) is 8.68. The Morgan fingerprint density at radius 2 is 2.08 bits per heavy atom. The molecule has 1 saturated carbocycles. The fourth-order valence-electron chi connectivity index (χ4n) is 3.52. The molecule has 1 unspecified atom stereocenters. The maximum absolute atomic E-state index is 12.4. The van der Waals surface area contributed by atoms with Crippen molar-refractivity contribution in [2.45, 2.75) is 31.2 Å². The van der Waals surface area contributed by atoms with Gasteiger partial charge in [-0.1, -0.05) is 12.1 Å². The van der Waals surface area contributed by atoms with E-state index >= 15 is 0 Å². The molecule has 6 nitrogen and oxygen atoms in total. The summed E-state index contributed by atoms with van der Waals surface area (Å²) in [6.45, 7) is 1.53. The third-order valence-electron chi connectivity index (χ3n) is 5.15. The quantitative estimate of drug-likeness (QED) is 0.848. The normalized spacial score (nSPS) is 25.4. The van der Waals surface area contributed by atoms with Crippen molar-refractivity contribution in [1.82, 2.24) is 10.2 Å². The summed E-state index contributed by atoms with van der Waals surface area (Å²) >= 11 is 0. The van der Waals surface area contributed by atoms with Crippen LogP contribution in [0.15, 0.2) is 24.3 Å². The SMILES string of the molecule is COCCN1CC(C(=O)NC2CC(c3ccc(C#N)cc3)C2)CC1=O. The molecule has 2 amide bonds. The average Bonchev–Trinajstić information content (AvgIpc) is 2.97. The van der Waals surface area contributed by atoms with Gasteiger partial charge in [0.05, 0.1) is 24.2 Å². The fourth-order valence-corrected chi connectivity index (χ4v) is 3.52. The second-order valence-electron chi connectivity index (χ2n) is 6.84. The van der Waals surface area contributed by atoms with Crippen molar-refractivity contribution in [3.05, 3.63) is 35.4 Å². The largest absolute Gasteiger partial charge is 0.383 e. The lowest BCUT2D eigenvalue weighted by Gasteiger charge is -2.36. The van der Waals surface area contributed by atoms with Crippen LogP contribution in [-0.2, 0) is 14.3 Å². The number of hydrogen-bond donors (Lipinski definition) is 1. The number of carbonyl (C=O) groups excluding carboxylic acids is 2. The molecule has 0 aromatic heterocycles. The number of nitrogens with zero attached hydrogens (tertiary/aromatic N) is 2. The summed E-state index contributed by atoms with van der Waals surface area (Å²) in [6.07, 6.45) is 2.11. The Morgan fingerprint density at radius 3 is 2.72 bits per heavy atom. The minimum absolute atomic E-state index is 0.0171. The molecule has 1 heterocycles. The Bertz CT molecular complexity index is 674. The second kappa shape index (κ2) is 7.66. The summed E-state index contributed by atoms with van der Waals surface area (Å²) in [6, 6.07) is 9.94. The summed E-state index contributed by atoms with van der Waals surface area (Å²) in [4.78, 5) is 26.0. The Labute approximate surface area is 147 Å². The highest BCUT2D eigenvalue weighted by Crippen LogP contribution is 2.37. The number of hydrogen-bond acceptors (Lipinski definition) is 4. The molecule has 0 spiro atoms. The Balaban J connectivity index is 1.44. The van der Waals surface area contributed by atoms with Crippen molar-refractivity contribution in [3.63, 3.8) is 0 Å². The summed E-state index contributed by atoms with van der Waals surface area (Å²) < 4.78 is 5.00. The Kier molecular flexibility index (Phi) is 5.34. The van der Waals surface area contributed by atoms with Gasteiger partial charge in [0, 0.05) is 32.7 Å². The minimum Gasteiger partial charge on any atom is -0.383 e. The van der Waals surface area contributed by atoms with Crippen LogP contribution in [0, 0.1) is 17.2 Å². The molecule has 1 aromatic carbocycles. The van der Waals surface area contributed by atoms with E-state index in [1.807, 2.05) is 24.3 Å². The first-order chi connectivity index (χ1) is 12.1. The number of carbonyl (C=O) groups is 2. The Hall–Kier alpha value is -2.39. The molecule has 2 aliphatic rings. The molecule has 0 bridgehead atoms. The highest BCUT2D eigenvalue weighted by molar-refractivity contribution is 5.89. The number of rotatable bonds is 6. The third-order valence-corrected chi connectivity index (χ3v) is 5.15. The zero-order valence-corrected chi connectivity index (χ0v) is 14.4. The smallest absolute Gasteiger partial charge is 0.225 e. The fraction of sp³-hybridized carbons (Fsp3) is 0.526. The van der Waals surface area contributed by atoms with Gasteiger partial charge in [-0.05, 0) is 36.5 Å². The van der Waals surface area contributed by atoms with Gasteiger partial charge in [-0.15, -0.1) is 0 Å². The van der Waals surface area contributed by atoms with Gasteiger partial charge in [-0.25, -0.2) is 0 Å². The van der Waals surface area contributed by atoms with Crippen molar-refractivity contribution in [2.75, 3.05) is 26.8 Å². The molecule has 1 aliphatic heterocycles. The second-order valence-corrected chi connectivity index (χ2v) is 6.84. The van der Waals surface area contributed by atoms with Crippen LogP contribution in [0.3, 0.4) is 0 Å². The molecule has 3 rings (SSSR count). The lowest BCUT2D eigenvalue weighted by molar-refractivity contribution is -0.129. The maximum atomic E-state index is 12.4. The van der Waals surface area contributed by atoms with Crippen LogP contribution in [0.2, 0.25) is 0 Å². The van der Waals surface area contributed by atoms with Crippen LogP contribution < -0.4 is 5.32 Å². The first kappa shape index (κ1) is 17.4. The average molecular weight is 341 g/mol. The van der Waals surface area contributed by atoms with Crippen LogP contribution >= 0.6 is 0 Å². The zero-order valence-electron chi connectivity index (χ0n) is 14.4. The van der Waals surface area contributed by atoms with E-state index in [2.05, 4.69) is 11.4 Å². The van der Waals surface area contributed by atoms with E-state index in [0.29, 0.717) is 37.6 Å². The van der Waals surface area contributed by atoms with Gasteiger partial charge in [0.15, 0.2) is 0 Å². The van der Waals surface area contributed by atoms with Gasteiger partial charge in [0.25, 0.3) is 0 Å². The predicted octanol–water partition coefficient (Wildman–Crippen LogP) is 1.42. The van der Waals surface area contributed by atoms with Gasteiger partial charge >= 0.3 is 0 Å². The summed E-state index contributed by atoms with van der Waals surface area (Å²) in [5.41, 5.74) is 1.88. The summed E-state index contributed by atoms with van der Waals surface area (Å²) in [5.74, 6) is 0.192. The molecular weight excluding hydrogens is 318 g/mol. The van der Waals surface area contributed by atoms with Crippen molar-refractivity contribution in [1.29, 1.82) is 5.26 Å². The standard InChI is InChI=1S/C19H23N3O3/c1-25-7-6-22-12-16(10-18(22)23)19(24)21-17-8-15(9-17)14-4-2-13(11-20)3-5-14/h2-5,15-17H,6-10,12H2,1H3,(H,21,24). The van der Waals surface area contributed by atoms with E-state index in [1.54, 1.807) is 12.0 Å². The van der Waals surface area contributed by atoms with Crippen molar-refractivity contribution >= 4 is 11.8 Å². The van der Waals surface area contributed by atoms with Gasteiger partial charge in [-0.2, -0.15) is 5.26 Å². The van der Waals surface area contributed by atoms with Crippen LogP contribution in [-0.4, -0.2) is 49.6 Å². The molecule has 1 aromatic rings. The Morgan fingerprint density at radius 1 is 1.36 bits per heavy atom. The van der Waals surface area contributed by atoms with Crippen LogP contribution in [0.25, 0.3) is 0 Å². The van der Waals surface area contributed by atoms with Crippen molar-refractivity contribution in [2.24, 2.45) is 5.92 Å². The highest BCUT2D eigenvalue weighted by Gasteiger charge is 2.37. The molecular formula is C19H23N3O3. The van der Waals surface area contributed by atoms with Crippen molar-refractivity contribution < 1.29 is 14.3 Å². The number of likely N-dealkylation sites (tertiary alicyclic amines) is 1. The third kappa shape index (κ3) is 3.99. The number of amides is 2. The molecule has 1 atom stereocenters. The van der Waals surface area contributed by atoms with Gasteiger partial charge in [0.1, 0.15) is 0 Å². The van der Waals surface area contributed by atoms with Crippen LogP contribution in [0.1, 0.15) is 36.3 Å². The number of methoxy groups -OCH3 is 1. The molecule has 0 radical (unpaired) electrons. The highest BCUT2D eigenvalue weighted by atomic mass is 16.5. The van der Waals surface area contributed by atoms with E-state index in [1.165, 1.54) is 5.56 Å². The predicted molar refractivity (Wildman–Crippen MR) is 91.6 cm³/mol. The maximum Gasteiger partial charge on any atom is 0.225 e. The number of ether oxygens (including phenoxy) is 1. The lowest BCUT2D eigenvalue weighted by atomic mass is 9.75. The van der Waals surface area contributed by atoms with Crippen LogP contribution in [0.4, 0.5) is 0 Å². The van der Waals surface area contributed by atoms with Crippen molar-refractivity contribution in [3.8, 4) is 6.07 Å². The van der Waals surface area contributed by atoms with E-state index in [4.69, 9.17) is 10.00 Å². The summed E-state index contributed by atoms with van der Waals surface area (Å²) in [7, 11) is 1.60. The molecule has 1 saturated heterocycles. The van der Waals surface area contributed by atoms with Gasteiger partial charge in [-0.3, -0.25) is 9.59 Å². The molecule has 1 aliphatic carbocycles. The molecule has 2 fully saturated rings. The topological polar surface area (TPSA) is 82.4 Å². The van der Waals surface area contributed by atoms with E-state index in [0.717, 1.165) is 12.8 Å². The number of nitrogens with one attached hydrogen (secondary N) is 1. The molecule has 25 heavy (non-hydrogen) atoms. The molecule has 1 N–H and O–H groups in total. The minimum atomic E-state index is -0.252. The molecule has 6 heteroatoms. The van der Waals surface area contributed by atoms with Gasteiger partial charge in [0.2, 0.25) is 11.8 Å².